The molecule has 3 atom stereocenters. The average molecular weight is 446 g/mol. The second-order valence-corrected chi connectivity index (χ2v) is 9.63. The van der Waals surface area contributed by atoms with E-state index in [-0.39, 0.29) is 17.9 Å². The number of thioether (sulfide) groups is 1. The highest BCUT2D eigenvalue weighted by atomic mass is 35.5. The Labute approximate surface area is 189 Å². The standard InChI is InChI=1S/C25H32ClNO2S/c1-17(24(28)19-11-5-4-6-12-19)27(2)25(29)21(15-18-9-7-8-10-18)20-13-14-23(30-3)22(26)16-20/h4-6,11-14,16-18,21,24,28H,7-10,15H2,1-3H3. The van der Waals surface area contributed by atoms with Crippen LogP contribution in [0.25, 0.3) is 0 Å². The summed E-state index contributed by atoms with van der Waals surface area (Å²) in [6.07, 6.45) is 6.98. The summed E-state index contributed by atoms with van der Waals surface area (Å²) in [5.74, 6) is 0.384. The zero-order valence-corrected chi connectivity index (χ0v) is 19.6. The van der Waals surface area contributed by atoms with Crippen molar-refractivity contribution in [3.63, 3.8) is 0 Å². The molecule has 0 radical (unpaired) electrons. The number of aliphatic hydroxyl groups excluding tert-OH is 1. The van der Waals surface area contributed by atoms with Gasteiger partial charge in [0, 0.05) is 11.9 Å². The predicted octanol–water partition coefficient (Wildman–Crippen LogP) is 6.31. The molecule has 2 aromatic rings. The van der Waals surface area contributed by atoms with Gasteiger partial charge in [0.15, 0.2) is 0 Å². The molecule has 0 heterocycles. The number of hydrogen-bond acceptors (Lipinski definition) is 3. The van der Waals surface area contributed by atoms with Gasteiger partial charge in [0.1, 0.15) is 0 Å². The summed E-state index contributed by atoms with van der Waals surface area (Å²) in [6, 6.07) is 15.2. The first kappa shape index (κ1) is 23.2. The van der Waals surface area contributed by atoms with Gasteiger partial charge in [-0.1, -0.05) is 73.7 Å². The monoisotopic (exact) mass is 445 g/mol. The molecule has 1 aliphatic rings. The van der Waals surface area contributed by atoms with E-state index in [0.717, 1.165) is 22.4 Å². The largest absolute Gasteiger partial charge is 0.386 e. The van der Waals surface area contributed by atoms with Gasteiger partial charge >= 0.3 is 0 Å². The lowest BCUT2D eigenvalue weighted by atomic mass is 9.86. The number of nitrogens with zero attached hydrogens (tertiary/aromatic N) is 1. The fraction of sp³-hybridized carbons (Fsp3) is 0.480. The zero-order chi connectivity index (χ0) is 21.7. The van der Waals surface area contributed by atoms with Gasteiger partial charge in [0.2, 0.25) is 5.91 Å². The number of amides is 1. The second kappa shape index (κ2) is 10.7. The molecule has 0 saturated heterocycles. The predicted molar refractivity (Wildman–Crippen MR) is 126 cm³/mol. The number of halogens is 1. The van der Waals surface area contributed by atoms with Crippen molar-refractivity contribution in [1.82, 2.24) is 4.90 Å². The van der Waals surface area contributed by atoms with Crippen LogP contribution in [-0.4, -0.2) is 35.3 Å². The number of benzene rings is 2. The quantitative estimate of drug-likeness (QED) is 0.484. The van der Waals surface area contributed by atoms with E-state index in [1.54, 1.807) is 23.7 Å². The molecule has 1 fully saturated rings. The number of rotatable bonds is 8. The first-order valence-electron chi connectivity index (χ1n) is 10.8. The van der Waals surface area contributed by atoms with E-state index in [1.807, 2.05) is 61.7 Å². The van der Waals surface area contributed by atoms with Crippen molar-refractivity contribution >= 4 is 29.3 Å². The zero-order valence-electron chi connectivity index (χ0n) is 18.1. The Morgan fingerprint density at radius 1 is 1.17 bits per heavy atom. The van der Waals surface area contributed by atoms with Crippen molar-refractivity contribution in [3.05, 3.63) is 64.7 Å². The Kier molecular flexibility index (Phi) is 8.27. The van der Waals surface area contributed by atoms with Crippen LogP contribution < -0.4 is 0 Å². The molecular weight excluding hydrogens is 414 g/mol. The van der Waals surface area contributed by atoms with Crippen LogP contribution in [0.3, 0.4) is 0 Å². The first-order chi connectivity index (χ1) is 14.4. The summed E-state index contributed by atoms with van der Waals surface area (Å²) in [7, 11) is 1.80. The van der Waals surface area contributed by atoms with Crippen molar-refractivity contribution < 1.29 is 9.90 Å². The van der Waals surface area contributed by atoms with E-state index < -0.39 is 6.10 Å². The summed E-state index contributed by atoms with van der Waals surface area (Å²) < 4.78 is 0. The van der Waals surface area contributed by atoms with Gasteiger partial charge in [-0.3, -0.25) is 4.79 Å². The van der Waals surface area contributed by atoms with Gasteiger partial charge < -0.3 is 10.0 Å². The number of likely N-dealkylation sites (N-methyl/N-ethyl adjacent to an activating group) is 1. The van der Waals surface area contributed by atoms with Crippen molar-refractivity contribution in [3.8, 4) is 0 Å². The molecule has 1 N–H and O–H groups in total. The third-order valence-corrected chi connectivity index (χ3v) is 7.70. The molecule has 0 aliphatic heterocycles. The van der Waals surface area contributed by atoms with E-state index in [2.05, 4.69) is 0 Å². The first-order valence-corrected chi connectivity index (χ1v) is 12.4. The highest BCUT2D eigenvalue weighted by Crippen LogP contribution is 2.38. The minimum absolute atomic E-state index is 0.0531. The molecule has 0 bridgehead atoms. The maximum absolute atomic E-state index is 13.6. The van der Waals surface area contributed by atoms with Gasteiger partial charge in [0.05, 0.1) is 23.1 Å². The molecule has 3 nitrogen and oxygen atoms in total. The van der Waals surface area contributed by atoms with Crippen LogP contribution in [0.2, 0.25) is 5.02 Å². The summed E-state index contributed by atoms with van der Waals surface area (Å²) in [5, 5.41) is 11.5. The van der Waals surface area contributed by atoms with E-state index >= 15 is 0 Å². The Morgan fingerprint density at radius 2 is 1.83 bits per heavy atom. The van der Waals surface area contributed by atoms with Crippen molar-refractivity contribution in [2.45, 2.75) is 62.0 Å². The minimum atomic E-state index is -0.727. The van der Waals surface area contributed by atoms with E-state index in [4.69, 9.17) is 11.6 Å². The topological polar surface area (TPSA) is 40.5 Å². The summed E-state index contributed by atoms with van der Waals surface area (Å²) in [6.45, 7) is 1.91. The highest BCUT2D eigenvalue weighted by Gasteiger charge is 2.32. The normalized spacial score (nSPS) is 17.5. The molecule has 0 spiro atoms. The average Bonchev–Trinajstić information content (AvgIpc) is 3.29. The summed E-state index contributed by atoms with van der Waals surface area (Å²) in [5.41, 5.74) is 1.80. The minimum Gasteiger partial charge on any atom is -0.386 e. The lowest BCUT2D eigenvalue weighted by Crippen LogP contribution is -2.42. The molecule has 1 amide bonds. The molecule has 3 unspecified atom stereocenters. The van der Waals surface area contributed by atoms with Gasteiger partial charge in [-0.05, 0) is 48.8 Å². The third kappa shape index (κ3) is 5.40. The molecule has 3 rings (SSSR count). The molecule has 1 saturated carbocycles. The van der Waals surface area contributed by atoms with Gasteiger partial charge in [0.25, 0.3) is 0 Å². The van der Waals surface area contributed by atoms with E-state index in [1.165, 1.54) is 25.7 Å². The molecule has 5 heteroatoms. The lowest BCUT2D eigenvalue weighted by Gasteiger charge is -2.33. The Hall–Kier alpha value is -1.49. The molecule has 1 aliphatic carbocycles. The maximum Gasteiger partial charge on any atom is 0.230 e. The Balaban J connectivity index is 1.84. The van der Waals surface area contributed by atoms with Crippen LogP contribution >= 0.6 is 23.4 Å². The van der Waals surface area contributed by atoms with Crippen molar-refractivity contribution in [1.29, 1.82) is 0 Å². The van der Waals surface area contributed by atoms with Crippen LogP contribution in [-0.2, 0) is 4.79 Å². The SMILES string of the molecule is CSc1ccc(C(CC2CCCC2)C(=O)N(C)C(C)C(O)c2ccccc2)cc1Cl. The van der Waals surface area contributed by atoms with E-state index in [9.17, 15) is 9.90 Å². The molecule has 0 aromatic heterocycles. The number of hydrogen-bond donors (Lipinski definition) is 1. The summed E-state index contributed by atoms with van der Waals surface area (Å²) in [4.78, 5) is 16.4. The lowest BCUT2D eigenvalue weighted by molar-refractivity contribution is -0.136. The molecule has 30 heavy (non-hydrogen) atoms. The molecular formula is C25H32ClNO2S. The van der Waals surface area contributed by atoms with Crippen LogP contribution in [0.15, 0.2) is 53.4 Å². The fourth-order valence-electron chi connectivity index (χ4n) is 4.45. The number of carbonyl (C=O) groups is 1. The third-order valence-electron chi connectivity index (χ3n) is 6.48. The van der Waals surface area contributed by atoms with Gasteiger partial charge in [-0.25, -0.2) is 0 Å². The van der Waals surface area contributed by atoms with E-state index in [0.29, 0.717) is 10.9 Å². The second-order valence-electron chi connectivity index (χ2n) is 8.38. The number of aliphatic hydroxyl groups is 1. The van der Waals surface area contributed by atoms with Crippen LogP contribution in [0, 0.1) is 5.92 Å². The fourth-order valence-corrected chi connectivity index (χ4v) is 5.32. The molecule has 2 aromatic carbocycles. The Morgan fingerprint density at radius 3 is 2.43 bits per heavy atom. The number of carbonyl (C=O) groups excluding carboxylic acids is 1. The van der Waals surface area contributed by atoms with Crippen LogP contribution in [0.4, 0.5) is 0 Å². The molecule has 162 valence electrons. The summed E-state index contributed by atoms with van der Waals surface area (Å²) >= 11 is 8.09. The van der Waals surface area contributed by atoms with Crippen molar-refractivity contribution in [2.75, 3.05) is 13.3 Å². The smallest absolute Gasteiger partial charge is 0.230 e. The van der Waals surface area contributed by atoms with Crippen LogP contribution in [0.1, 0.15) is 62.2 Å². The van der Waals surface area contributed by atoms with Crippen molar-refractivity contribution in [2.24, 2.45) is 5.92 Å². The van der Waals surface area contributed by atoms with Gasteiger partial charge in [-0.15, -0.1) is 11.8 Å². The Bertz CT molecular complexity index is 838. The highest BCUT2D eigenvalue weighted by molar-refractivity contribution is 7.98. The van der Waals surface area contributed by atoms with Gasteiger partial charge in [-0.2, -0.15) is 0 Å². The van der Waals surface area contributed by atoms with Crippen LogP contribution in [0.5, 0.6) is 0 Å². The maximum atomic E-state index is 13.6.